The Morgan fingerprint density at radius 3 is 2.21 bits per heavy atom. The molecule has 1 atom stereocenters. The van der Waals surface area contributed by atoms with Gasteiger partial charge >= 0.3 is 0 Å². The maximum absolute atomic E-state index is 13.4. The van der Waals surface area contributed by atoms with E-state index in [9.17, 15) is 4.21 Å². The van der Waals surface area contributed by atoms with Crippen LogP contribution >= 0.6 is 0 Å². The molecule has 3 rings (SSSR count). The van der Waals surface area contributed by atoms with Crippen LogP contribution in [0.15, 0.2) is 52.4 Å². The summed E-state index contributed by atoms with van der Waals surface area (Å²) in [4.78, 5) is 5.46. The number of hydrogen-bond donors (Lipinski definition) is 0. The summed E-state index contributed by atoms with van der Waals surface area (Å²) in [6.07, 6.45) is 0. The van der Waals surface area contributed by atoms with Crippen LogP contribution in [0.1, 0.15) is 32.0 Å². The van der Waals surface area contributed by atoms with E-state index < -0.39 is 10.8 Å². The van der Waals surface area contributed by atoms with Crippen LogP contribution < -0.4 is 9.47 Å². The molecule has 0 aliphatic heterocycles. The second kappa shape index (κ2) is 8.03. The van der Waals surface area contributed by atoms with Crippen LogP contribution in [0.2, 0.25) is 0 Å². The van der Waals surface area contributed by atoms with Gasteiger partial charge in [0.1, 0.15) is 33.1 Å². The van der Waals surface area contributed by atoms with Crippen LogP contribution in [-0.2, 0) is 23.3 Å². The average molecular weight is 413 g/mol. The van der Waals surface area contributed by atoms with Crippen LogP contribution in [0.3, 0.4) is 0 Å². The second-order valence-corrected chi connectivity index (χ2v) is 9.39. The van der Waals surface area contributed by atoms with Crippen LogP contribution in [0.5, 0.6) is 11.5 Å². The fourth-order valence-corrected chi connectivity index (χ4v) is 4.55. The summed E-state index contributed by atoms with van der Waals surface area (Å²) in [5, 5.41) is 0.674. The molecule has 3 aromatic rings. The Bertz CT molecular complexity index is 1050. The first-order chi connectivity index (χ1) is 13.7. The Kier molecular flexibility index (Phi) is 5.85. The van der Waals surface area contributed by atoms with Gasteiger partial charge in [0.05, 0.1) is 25.5 Å². The number of benzene rings is 2. The van der Waals surface area contributed by atoms with E-state index in [1.807, 2.05) is 61.0 Å². The summed E-state index contributed by atoms with van der Waals surface area (Å²) >= 11 is 0. The van der Waals surface area contributed by atoms with E-state index >= 15 is 0 Å². The molecular formula is C23H28N2O3S. The zero-order chi connectivity index (χ0) is 21.3. The topological polar surface area (TPSA) is 53.4 Å². The van der Waals surface area contributed by atoms with E-state index in [4.69, 9.17) is 14.5 Å². The Hall–Kier alpha value is -2.60. The predicted octanol–water partition coefficient (Wildman–Crippen LogP) is 4.88. The first-order valence-corrected chi connectivity index (χ1v) is 10.6. The third kappa shape index (κ3) is 4.08. The first-order valence-electron chi connectivity index (χ1n) is 9.45. The predicted molar refractivity (Wildman–Crippen MR) is 116 cm³/mol. The largest absolute Gasteiger partial charge is 0.497 e. The number of methoxy groups -OCH3 is 2. The van der Waals surface area contributed by atoms with Gasteiger partial charge < -0.3 is 14.0 Å². The van der Waals surface area contributed by atoms with Crippen LogP contribution in [0, 0.1) is 6.92 Å². The summed E-state index contributed by atoms with van der Waals surface area (Å²) in [5.41, 5.74) is 2.79. The summed E-state index contributed by atoms with van der Waals surface area (Å²) in [6.45, 7) is 8.38. The SMILES string of the molecule is COc1ccc(OC)c(-c2nc(C)c(S(=O)c3ccc(C(C)(C)C)cc3)n2C)c1. The smallest absolute Gasteiger partial charge is 0.144 e. The van der Waals surface area contributed by atoms with E-state index in [1.54, 1.807) is 14.2 Å². The number of ether oxygens (including phenoxy) is 2. The van der Waals surface area contributed by atoms with Gasteiger partial charge in [0.2, 0.25) is 0 Å². The van der Waals surface area contributed by atoms with Gasteiger partial charge in [-0.15, -0.1) is 0 Å². The minimum absolute atomic E-state index is 0.0541. The minimum Gasteiger partial charge on any atom is -0.497 e. The van der Waals surface area contributed by atoms with Crippen molar-refractivity contribution in [3.63, 3.8) is 0 Å². The molecule has 29 heavy (non-hydrogen) atoms. The van der Waals surface area contributed by atoms with Crippen LogP contribution in [0.25, 0.3) is 11.4 Å². The van der Waals surface area contributed by atoms with Gasteiger partial charge in [0, 0.05) is 11.9 Å². The van der Waals surface area contributed by atoms with Gasteiger partial charge in [0.15, 0.2) is 0 Å². The lowest BCUT2D eigenvalue weighted by atomic mass is 9.87. The first kappa shape index (κ1) is 21.1. The Balaban J connectivity index is 2.06. The molecular weight excluding hydrogens is 384 g/mol. The molecule has 0 bridgehead atoms. The zero-order valence-corrected chi connectivity index (χ0v) is 18.9. The van der Waals surface area contributed by atoms with Crippen molar-refractivity contribution in [1.82, 2.24) is 9.55 Å². The molecule has 2 aromatic carbocycles. The van der Waals surface area contributed by atoms with Crippen molar-refractivity contribution in [2.45, 2.75) is 43.0 Å². The van der Waals surface area contributed by atoms with E-state index in [2.05, 4.69) is 20.8 Å². The summed E-state index contributed by atoms with van der Waals surface area (Å²) in [7, 11) is 3.78. The van der Waals surface area contributed by atoms with E-state index in [0.717, 1.165) is 16.2 Å². The van der Waals surface area contributed by atoms with Crippen molar-refractivity contribution in [2.24, 2.45) is 7.05 Å². The lowest BCUT2D eigenvalue weighted by molar-refractivity contribution is 0.404. The summed E-state index contributed by atoms with van der Waals surface area (Å²) in [5.74, 6) is 2.08. The highest BCUT2D eigenvalue weighted by Crippen LogP contribution is 2.35. The van der Waals surface area contributed by atoms with Gasteiger partial charge in [-0.3, -0.25) is 0 Å². The fraction of sp³-hybridized carbons (Fsp3) is 0.348. The molecule has 6 heteroatoms. The second-order valence-electron chi connectivity index (χ2n) is 7.99. The molecule has 1 unspecified atom stereocenters. The van der Waals surface area contributed by atoms with Crippen molar-refractivity contribution >= 4 is 10.8 Å². The van der Waals surface area contributed by atoms with Crippen molar-refractivity contribution in [2.75, 3.05) is 14.2 Å². The number of nitrogens with zero attached hydrogens (tertiary/aromatic N) is 2. The van der Waals surface area contributed by atoms with Crippen molar-refractivity contribution < 1.29 is 13.7 Å². The quantitative estimate of drug-likeness (QED) is 0.599. The minimum atomic E-state index is -1.35. The van der Waals surface area contributed by atoms with Crippen LogP contribution in [0.4, 0.5) is 0 Å². The van der Waals surface area contributed by atoms with Gasteiger partial charge in [-0.25, -0.2) is 9.19 Å². The van der Waals surface area contributed by atoms with Crippen molar-refractivity contribution in [3.8, 4) is 22.9 Å². The number of aromatic nitrogens is 2. The Morgan fingerprint density at radius 2 is 1.66 bits per heavy atom. The van der Waals surface area contributed by atoms with E-state index in [0.29, 0.717) is 22.3 Å². The highest BCUT2D eigenvalue weighted by molar-refractivity contribution is 7.85. The van der Waals surface area contributed by atoms with Gasteiger partial charge in [-0.05, 0) is 48.2 Å². The number of hydrogen-bond acceptors (Lipinski definition) is 4. The Morgan fingerprint density at radius 1 is 1.00 bits per heavy atom. The normalized spacial score (nSPS) is 12.7. The van der Waals surface area contributed by atoms with Crippen molar-refractivity contribution in [3.05, 3.63) is 53.7 Å². The highest BCUT2D eigenvalue weighted by atomic mass is 32.2. The molecule has 0 fully saturated rings. The molecule has 0 aliphatic rings. The molecule has 0 N–H and O–H groups in total. The number of aryl methyl sites for hydroxylation is 1. The lowest BCUT2D eigenvalue weighted by Gasteiger charge is -2.19. The third-order valence-corrected chi connectivity index (χ3v) is 6.58. The Labute approximate surface area is 175 Å². The van der Waals surface area contributed by atoms with Gasteiger partial charge in [-0.1, -0.05) is 32.9 Å². The molecule has 0 amide bonds. The molecule has 0 saturated heterocycles. The molecule has 1 aromatic heterocycles. The fourth-order valence-electron chi connectivity index (χ4n) is 3.30. The third-order valence-electron chi connectivity index (χ3n) is 4.96. The number of rotatable bonds is 5. The molecule has 1 heterocycles. The zero-order valence-electron chi connectivity index (χ0n) is 18.1. The monoisotopic (exact) mass is 412 g/mol. The molecule has 0 saturated carbocycles. The molecule has 5 nitrogen and oxygen atoms in total. The van der Waals surface area contributed by atoms with E-state index in [1.165, 1.54) is 5.56 Å². The van der Waals surface area contributed by atoms with Crippen LogP contribution in [-0.4, -0.2) is 28.0 Å². The summed E-state index contributed by atoms with van der Waals surface area (Å²) < 4.78 is 26.1. The standard InChI is InChI=1S/C23H28N2O3S/c1-15-22(29(26)18-11-8-16(9-12-18)23(2,3)4)25(5)21(24-15)19-14-17(27-6)10-13-20(19)28-7/h8-14H,1-7H3. The maximum atomic E-state index is 13.4. The molecule has 0 spiro atoms. The average Bonchev–Trinajstić information content (AvgIpc) is 3.00. The van der Waals surface area contributed by atoms with Crippen molar-refractivity contribution in [1.29, 1.82) is 0 Å². The molecule has 0 aliphatic carbocycles. The maximum Gasteiger partial charge on any atom is 0.144 e. The van der Waals surface area contributed by atoms with E-state index in [-0.39, 0.29) is 5.41 Å². The van der Waals surface area contributed by atoms with Gasteiger partial charge in [0.25, 0.3) is 0 Å². The molecule has 154 valence electrons. The highest BCUT2D eigenvalue weighted by Gasteiger charge is 2.22. The molecule has 0 radical (unpaired) electrons. The summed E-state index contributed by atoms with van der Waals surface area (Å²) in [6, 6.07) is 13.5. The lowest BCUT2D eigenvalue weighted by Crippen LogP contribution is -2.11. The van der Waals surface area contributed by atoms with Gasteiger partial charge in [-0.2, -0.15) is 0 Å². The number of imidazole rings is 1.